The summed E-state index contributed by atoms with van der Waals surface area (Å²) < 4.78 is 0. The second-order valence-electron chi connectivity index (χ2n) is 5.64. The molecule has 0 aliphatic heterocycles. The van der Waals surface area contributed by atoms with Crippen LogP contribution in [0.3, 0.4) is 0 Å². The Balaban J connectivity index is 2.67. The van der Waals surface area contributed by atoms with E-state index < -0.39 is 0 Å². The SMILES string of the molecule is CCC(C)[C@H](NC[C@@H](N)CS)C(=O)NCc1cccc(Cl)c1Cl. The van der Waals surface area contributed by atoms with Crippen molar-refractivity contribution in [3.63, 3.8) is 0 Å². The normalized spacial score (nSPS) is 15.0. The van der Waals surface area contributed by atoms with Crippen LogP contribution in [0.2, 0.25) is 10.0 Å². The van der Waals surface area contributed by atoms with Gasteiger partial charge in [-0.1, -0.05) is 55.6 Å². The minimum Gasteiger partial charge on any atom is -0.351 e. The molecule has 0 aliphatic carbocycles. The van der Waals surface area contributed by atoms with Crippen LogP contribution in [0.4, 0.5) is 0 Å². The number of hydrogen-bond donors (Lipinski definition) is 4. The van der Waals surface area contributed by atoms with Crippen LogP contribution in [0.5, 0.6) is 0 Å². The zero-order valence-electron chi connectivity index (χ0n) is 13.5. The second-order valence-corrected chi connectivity index (χ2v) is 6.80. The number of carbonyl (C=O) groups excluding carboxylic acids is 1. The van der Waals surface area contributed by atoms with Gasteiger partial charge in [-0.3, -0.25) is 4.79 Å². The van der Waals surface area contributed by atoms with Crippen molar-refractivity contribution in [2.24, 2.45) is 11.7 Å². The first kappa shape index (κ1) is 20.6. The van der Waals surface area contributed by atoms with Crippen LogP contribution in [0, 0.1) is 5.92 Å². The summed E-state index contributed by atoms with van der Waals surface area (Å²) >= 11 is 16.3. The molecule has 4 N–H and O–H groups in total. The molecule has 1 amide bonds. The smallest absolute Gasteiger partial charge is 0.237 e. The molecule has 0 saturated heterocycles. The lowest BCUT2D eigenvalue weighted by Gasteiger charge is -2.25. The fourth-order valence-corrected chi connectivity index (χ4v) is 2.62. The van der Waals surface area contributed by atoms with Gasteiger partial charge in [-0.05, 0) is 17.5 Å². The van der Waals surface area contributed by atoms with Gasteiger partial charge >= 0.3 is 0 Å². The van der Waals surface area contributed by atoms with E-state index in [9.17, 15) is 4.79 Å². The average molecular weight is 378 g/mol. The Hall–Kier alpha value is -0.460. The lowest BCUT2D eigenvalue weighted by Crippen LogP contribution is -2.51. The molecule has 23 heavy (non-hydrogen) atoms. The molecule has 130 valence electrons. The minimum absolute atomic E-state index is 0.0678. The topological polar surface area (TPSA) is 67.1 Å². The number of nitrogens with one attached hydrogen (secondary N) is 2. The molecule has 1 aromatic rings. The predicted molar refractivity (Wildman–Crippen MR) is 101 cm³/mol. The summed E-state index contributed by atoms with van der Waals surface area (Å²) in [5.41, 5.74) is 6.66. The van der Waals surface area contributed by atoms with Crippen molar-refractivity contribution >= 4 is 41.7 Å². The Morgan fingerprint density at radius 1 is 1.39 bits per heavy atom. The summed E-state index contributed by atoms with van der Waals surface area (Å²) in [4.78, 5) is 12.5. The minimum atomic E-state index is -0.302. The molecule has 0 bridgehead atoms. The van der Waals surface area contributed by atoms with E-state index in [4.69, 9.17) is 28.9 Å². The van der Waals surface area contributed by atoms with E-state index >= 15 is 0 Å². The first-order valence-corrected chi connectivity index (χ1v) is 9.09. The number of rotatable bonds is 9. The Bertz CT molecular complexity index is 516. The molecule has 0 fully saturated rings. The molecule has 3 atom stereocenters. The molecule has 7 heteroatoms. The van der Waals surface area contributed by atoms with Crippen LogP contribution >= 0.6 is 35.8 Å². The first-order valence-electron chi connectivity index (χ1n) is 7.71. The van der Waals surface area contributed by atoms with Gasteiger partial charge < -0.3 is 16.4 Å². The molecule has 0 aliphatic rings. The van der Waals surface area contributed by atoms with Gasteiger partial charge in [0.15, 0.2) is 0 Å². The Labute approximate surface area is 153 Å². The Kier molecular flexibility index (Phi) is 9.32. The highest BCUT2D eigenvalue weighted by Gasteiger charge is 2.24. The number of halogens is 2. The van der Waals surface area contributed by atoms with Gasteiger partial charge in [-0.2, -0.15) is 12.6 Å². The van der Waals surface area contributed by atoms with Crippen molar-refractivity contribution in [2.75, 3.05) is 12.3 Å². The monoisotopic (exact) mass is 377 g/mol. The third-order valence-corrected chi connectivity index (χ3v) is 5.14. The first-order chi connectivity index (χ1) is 10.9. The standard InChI is InChI=1S/C16H25Cl2N3OS/c1-3-10(2)15(20-8-12(19)9-23)16(22)21-7-11-5-4-6-13(17)14(11)18/h4-6,10,12,15,20,23H,3,7-9,19H2,1-2H3,(H,21,22)/t10?,12-,15+/m1/s1. The zero-order valence-corrected chi connectivity index (χ0v) is 15.9. The maximum Gasteiger partial charge on any atom is 0.237 e. The van der Waals surface area contributed by atoms with Crippen molar-refractivity contribution < 1.29 is 4.79 Å². The summed E-state index contributed by atoms with van der Waals surface area (Å²) in [7, 11) is 0. The molecule has 1 unspecified atom stereocenters. The predicted octanol–water partition coefficient (Wildman–Crippen LogP) is 2.87. The van der Waals surface area contributed by atoms with Crippen molar-refractivity contribution in [1.82, 2.24) is 10.6 Å². The number of thiol groups is 1. The highest BCUT2D eigenvalue weighted by molar-refractivity contribution is 7.80. The summed E-state index contributed by atoms with van der Waals surface area (Å²) in [5.74, 6) is 0.693. The third kappa shape index (κ3) is 6.51. The maximum atomic E-state index is 12.5. The molecule has 1 rings (SSSR count). The van der Waals surface area contributed by atoms with Gasteiger partial charge in [-0.15, -0.1) is 0 Å². The molecule has 4 nitrogen and oxygen atoms in total. The molecule has 0 aromatic heterocycles. The van der Waals surface area contributed by atoms with E-state index in [2.05, 4.69) is 30.2 Å². The van der Waals surface area contributed by atoms with Crippen LogP contribution in [-0.2, 0) is 11.3 Å². The molecule has 0 spiro atoms. The molecular weight excluding hydrogens is 353 g/mol. The largest absolute Gasteiger partial charge is 0.351 e. The quantitative estimate of drug-likeness (QED) is 0.500. The van der Waals surface area contributed by atoms with E-state index in [1.54, 1.807) is 6.07 Å². The third-order valence-electron chi connectivity index (χ3n) is 3.81. The van der Waals surface area contributed by atoms with Crippen molar-refractivity contribution in [3.05, 3.63) is 33.8 Å². The van der Waals surface area contributed by atoms with Crippen LogP contribution in [-0.4, -0.2) is 30.3 Å². The van der Waals surface area contributed by atoms with Gasteiger partial charge in [0.1, 0.15) is 0 Å². The number of hydrogen-bond acceptors (Lipinski definition) is 4. The van der Waals surface area contributed by atoms with E-state index in [0.717, 1.165) is 12.0 Å². The number of benzene rings is 1. The average Bonchev–Trinajstić information content (AvgIpc) is 2.55. The summed E-state index contributed by atoms with van der Waals surface area (Å²) in [6.07, 6.45) is 0.888. The molecule has 0 heterocycles. The maximum absolute atomic E-state index is 12.5. The van der Waals surface area contributed by atoms with Crippen molar-refractivity contribution in [3.8, 4) is 0 Å². The van der Waals surface area contributed by atoms with Crippen molar-refractivity contribution in [1.29, 1.82) is 0 Å². The van der Waals surface area contributed by atoms with Gasteiger partial charge in [-0.25, -0.2) is 0 Å². The lowest BCUT2D eigenvalue weighted by atomic mass is 9.98. The van der Waals surface area contributed by atoms with Crippen LogP contribution in [0.1, 0.15) is 25.8 Å². The van der Waals surface area contributed by atoms with Gasteiger partial charge in [0.2, 0.25) is 5.91 Å². The summed E-state index contributed by atoms with van der Waals surface area (Å²) in [6, 6.07) is 4.99. The lowest BCUT2D eigenvalue weighted by molar-refractivity contribution is -0.124. The number of carbonyl (C=O) groups is 1. The highest BCUT2D eigenvalue weighted by Crippen LogP contribution is 2.25. The molecule has 0 saturated carbocycles. The summed E-state index contributed by atoms with van der Waals surface area (Å²) in [6.45, 7) is 4.98. The van der Waals surface area contributed by atoms with E-state index in [1.807, 2.05) is 19.1 Å². The Morgan fingerprint density at radius 2 is 2.09 bits per heavy atom. The van der Waals surface area contributed by atoms with Crippen LogP contribution in [0.25, 0.3) is 0 Å². The van der Waals surface area contributed by atoms with Crippen molar-refractivity contribution in [2.45, 2.75) is 38.9 Å². The van der Waals surface area contributed by atoms with Gasteiger partial charge in [0.05, 0.1) is 16.1 Å². The number of amides is 1. The fourth-order valence-electron chi connectivity index (χ4n) is 2.11. The van der Waals surface area contributed by atoms with E-state index in [0.29, 0.717) is 28.9 Å². The Morgan fingerprint density at radius 3 is 2.70 bits per heavy atom. The van der Waals surface area contributed by atoms with E-state index in [1.165, 1.54) is 0 Å². The fraction of sp³-hybridized carbons (Fsp3) is 0.562. The van der Waals surface area contributed by atoms with E-state index in [-0.39, 0.29) is 23.9 Å². The van der Waals surface area contributed by atoms with Crippen LogP contribution in [0.15, 0.2) is 18.2 Å². The zero-order chi connectivity index (χ0) is 17.4. The molecular formula is C16H25Cl2N3OS. The van der Waals surface area contributed by atoms with Crippen LogP contribution < -0.4 is 16.4 Å². The molecule has 0 radical (unpaired) electrons. The van der Waals surface area contributed by atoms with Gasteiger partial charge in [0.25, 0.3) is 0 Å². The molecule has 1 aromatic carbocycles. The summed E-state index contributed by atoms with van der Waals surface area (Å²) in [5, 5.41) is 7.11. The number of nitrogens with two attached hydrogens (primary N) is 1. The highest BCUT2D eigenvalue weighted by atomic mass is 35.5. The van der Waals surface area contributed by atoms with Gasteiger partial charge in [0, 0.05) is 24.9 Å². The second kappa shape index (κ2) is 10.4.